The first kappa shape index (κ1) is 35.0. The number of benzene rings is 3. The predicted molar refractivity (Wildman–Crippen MR) is 186 cm³/mol. The van der Waals surface area contributed by atoms with Gasteiger partial charge in [-0.1, -0.05) is 55.0 Å². The molecule has 6 rings (SSSR count). The minimum atomic E-state index is -0.617. The van der Waals surface area contributed by atoms with Crippen molar-refractivity contribution in [3.63, 3.8) is 0 Å². The molecule has 1 spiro atoms. The minimum absolute atomic E-state index is 0.00953. The first-order valence-corrected chi connectivity index (χ1v) is 17.4. The Kier molecular flexibility index (Phi) is 11.9. The topological polar surface area (TPSA) is 145 Å². The van der Waals surface area contributed by atoms with Crippen LogP contribution in [0.5, 0.6) is 0 Å². The maximum absolute atomic E-state index is 12.8. The zero-order valence-electron chi connectivity index (χ0n) is 28.0. The van der Waals surface area contributed by atoms with E-state index in [1.165, 1.54) is 0 Å². The van der Waals surface area contributed by atoms with Crippen LogP contribution in [-0.4, -0.2) is 66.6 Å². The fraction of sp³-hybridized carbons (Fsp3) is 0.474. The fourth-order valence-corrected chi connectivity index (χ4v) is 6.74. The Bertz CT molecular complexity index is 1540. The molecule has 0 bridgehead atoms. The lowest BCUT2D eigenvalue weighted by molar-refractivity contribution is -0.255. The molecule has 0 aromatic heterocycles. The minimum Gasteiger partial charge on any atom is -0.397 e. The van der Waals surface area contributed by atoms with Crippen LogP contribution in [0.15, 0.2) is 72.8 Å². The third-order valence-electron chi connectivity index (χ3n) is 9.49. The van der Waals surface area contributed by atoms with Crippen LogP contribution in [0.2, 0.25) is 0 Å². The van der Waals surface area contributed by atoms with Gasteiger partial charge in [-0.3, -0.25) is 9.59 Å². The molecule has 3 fully saturated rings. The molecule has 49 heavy (non-hydrogen) atoms. The highest BCUT2D eigenvalue weighted by molar-refractivity contribution is 5.93. The van der Waals surface area contributed by atoms with Crippen LogP contribution < -0.4 is 16.4 Å². The molecule has 3 atom stereocenters. The van der Waals surface area contributed by atoms with E-state index in [2.05, 4.69) is 15.5 Å². The Morgan fingerprint density at radius 3 is 2.27 bits per heavy atom. The second-order valence-corrected chi connectivity index (χ2v) is 13.1. The average molecular weight is 673 g/mol. The number of ether oxygens (including phenoxy) is 4. The summed E-state index contributed by atoms with van der Waals surface area (Å²) in [5.41, 5.74) is 10.4. The maximum atomic E-state index is 12.8. The molecule has 3 aromatic rings. The molecule has 0 saturated carbocycles. The first-order valence-electron chi connectivity index (χ1n) is 17.4. The molecule has 3 aromatic carbocycles. The number of nitrogen functional groups attached to an aromatic ring is 1. The van der Waals surface area contributed by atoms with Crippen molar-refractivity contribution < 1.29 is 33.6 Å². The second kappa shape index (κ2) is 16.7. The Labute approximate surface area is 288 Å². The van der Waals surface area contributed by atoms with Gasteiger partial charge in [-0.05, 0) is 48.2 Å². The van der Waals surface area contributed by atoms with Gasteiger partial charge in [0, 0.05) is 63.0 Å². The number of piperidine rings is 1. The third-order valence-corrected chi connectivity index (χ3v) is 9.49. The van der Waals surface area contributed by atoms with Gasteiger partial charge < -0.3 is 45.3 Å². The smallest absolute Gasteiger partial charge is 0.224 e. The fourth-order valence-electron chi connectivity index (χ4n) is 6.74. The highest BCUT2D eigenvalue weighted by Gasteiger charge is 2.41. The number of carbonyl (C=O) groups is 2. The number of nitrogens with two attached hydrogens (primary N) is 1. The van der Waals surface area contributed by atoms with Gasteiger partial charge in [0.25, 0.3) is 0 Å². The Morgan fingerprint density at radius 1 is 0.837 bits per heavy atom. The van der Waals surface area contributed by atoms with Gasteiger partial charge in [0.05, 0.1) is 43.4 Å². The van der Waals surface area contributed by atoms with Gasteiger partial charge in [-0.15, -0.1) is 0 Å². The number of hydrogen-bond acceptors (Lipinski definition) is 9. The molecule has 0 unspecified atom stereocenters. The van der Waals surface area contributed by atoms with E-state index in [-0.39, 0.29) is 30.6 Å². The van der Waals surface area contributed by atoms with Gasteiger partial charge in [-0.2, -0.15) is 0 Å². The number of unbranched alkanes of at least 4 members (excludes halogenated alkanes) is 2. The number of hydrogen-bond donors (Lipinski definition) is 4. The number of likely N-dealkylation sites (tertiary alicyclic amines) is 1. The summed E-state index contributed by atoms with van der Waals surface area (Å²) in [7, 11) is 0. The van der Waals surface area contributed by atoms with E-state index < -0.39 is 12.1 Å². The average Bonchev–Trinajstić information content (AvgIpc) is 3.58. The molecule has 3 aliphatic heterocycles. The second-order valence-electron chi connectivity index (χ2n) is 13.1. The first-order chi connectivity index (χ1) is 23.9. The van der Waals surface area contributed by atoms with E-state index in [9.17, 15) is 14.7 Å². The van der Waals surface area contributed by atoms with Crippen LogP contribution in [0.3, 0.4) is 0 Å². The van der Waals surface area contributed by atoms with Crippen LogP contribution in [-0.2, 0) is 35.1 Å². The van der Waals surface area contributed by atoms with Gasteiger partial charge in [-0.25, -0.2) is 0 Å². The highest BCUT2D eigenvalue weighted by atomic mass is 16.7. The normalized spacial score (nSPS) is 22.2. The summed E-state index contributed by atoms with van der Waals surface area (Å²) in [5.74, 6) is -0.594. The highest BCUT2D eigenvalue weighted by Crippen LogP contribution is 2.39. The number of rotatable bonds is 13. The zero-order chi connectivity index (χ0) is 34.1. The standard InChI is InChI=1S/C38H48N4O7/c39-32-9-4-5-10-33(32)41-36(45)12-3-1-2-11-35(44)40-30-8-6-7-29(23-30)37-48-31(24-34(49-37)28-15-13-27(26-43)14-16-28)25-42-19-17-38(18-20-42)46-21-22-47-38/h4-10,13-16,23,31,34,37,43H,1-3,11-12,17-22,24-26,39H2,(H,40,44)(H,41,45)/t31-,34+,37+/m0/s1. The molecule has 3 heterocycles. The number of nitrogens with zero attached hydrogens (tertiary/aromatic N) is 1. The van der Waals surface area contributed by atoms with E-state index in [0.717, 1.165) is 55.6 Å². The van der Waals surface area contributed by atoms with Crippen LogP contribution in [0.1, 0.15) is 80.5 Å². The number of aliphatic hydroxyl groups is 1. The number of nitrogens with one attached hydrogen (secondary N) is 2. The van der Waals surface area contributed by atoms with Crippen LogP contribution >= 0.6 is 0 Å². The van der Waals surface area contributed by atoms with E-state index in [0.29, 0.717) is 62.4 Å². The van der Waals surface area contributed by atoms with E-state index in [4.69, 9.17) is 24.7 Å². The lowest BCUT2D eigenvalue weighted by Gasteiger charge is -2.41. The van der Waals surface area contributed by atoms with Crippen molar-refractivity contribution in [3.8, 4) is 0 Å². The molecule has 11 nitrogen and oxygen atoms in total. The van der Waals surface area contributed by atoms with Crippen molar-refractivity contribution in [1.82, 2.24) is 4.90 Å². The van der Waals surface area contributed by atoms with Crippen molar-refractivity contribution in [3.05, 3.63) is 89.5 Å². The lowest BCUT2D eigenvalue weighted by Crippen LogP contribution is -2.48. The molecule has 3 saturated heterocycles. The summed E-state index contributed by atoms with van der Waals surface area (Å²) in [6.07, 6.45) is 4.33. The van der Waals surface area contributed by atoms with Crippen molar-refractivity contribution in [2.24, 2.45) is 0 Å². The summed E-state index contributed by atoms with van der Waals surface area (Å²) in [5, 5.41) is 15.4. The van der Waals surface area contributed by atoms with E-state index >= 15 is 0 Å². The Balaban J connectivity index is 1.02. The van der Waals surface area contributed by atoms with E-state index in [1.807, 2.05) is 60.7 Å². The summed E-state index contributed by atoms with van der Waals surface area (Å²) in [4.78, 5) is 27.5. The molecular weight excluding hydrogens is 624 g/mol. The largest absolute Gasteiger partial charge is 0.397 e. The molecule has 0 radical (unpaired) electrons. The van der Waals surface area contributed by atoms with Crippen LogP contribution in [0.4, 0.5) is 17.1 Å². The lowest BCUT2D eigenvalue weighted by atomic mass is 9.98. The molecular formula is C38H48N4O7. The number of para-hydroxylation sites is 2. The van der Waals surface area contributed by atoms with Gasteiger partial charge in [0.1, 0.15) is 0 Å². The SMILES string of the molecule is Nc1ccccc1NC(=O)CCCCCC(=O)Nc1cccc([C@@H]2O[C@H](CN3CCC4(CC3)OCCO4)C[C@H](c3ccc(CO)cc3)O2)c1. The van der Waals surface area contributed by atoms with Crippen molar-refractivity contribution in [1.29, 1.82) is 0 Å². The predicted octanol–water partition coefficient (Wildman–Crippen LogP) is 5.67. The number of carbonyl (C=O) groups excluding carboxylic acids is 2. The summed E-state index contributed by atoms with van der Waals surface area (Å²) >= 11 is 0. The third kappa shape index (κ3) is 9.66. The quantitative estimate of drug-likeness (QED) is 0.133. The molecule has 5 N–H and O–H groups in total. The van der Waals surface area contributed by atoms with Crippen molar-refractivity contribution >= 4 is 28.9 Å². The zero-order valence-corrected chi connectivity index (χ0v) is 28.0. The summed E-state index contributed by atoms with van der Waals surface area (Å²) < 4.78 is 25.0. The van der Waals surface area contributed by atoms with E-state index in [1.54, 1.807) is 12.1 Å². The summed E-state index contributed by atoms with van der Waals surface area (Å²) in [6, 6.07) is 22.7. The number of aliphatic hydroxyl groups excluding tert-OH is 1. The molecule has 3 aliphatic rings. The Hall–Kier alpha value is -3.84. The van der Waals surface area contributed by atoms with Crippen molar-refractivity contribution in [2.75, 3.05) is 49.2 Å². The van der Waals surface area contributed by atoms with Crippen LogP contribution in [0.25, 0.3) is 0 Å². The Morgan fingerprint density at radius 2 is 1.55 bits per heavy atom. The number of anilines is 3. The maximum Gasteiger partial charge on any atom is 0.224 e. The van der Waals surface area contributed by atoms with Gasteiger partial charge >= 0.3 is 0 Å². The molecule has 11 heteroatoms. The summed E-state index contributed by atoms with van der Waals surface area (Å²) in [6.45, 7) is 3.82. The van der Waals surface area contributed by atoms with Crippen LogP contribution in [0, 0.1) is 0 Å². The van der Waals surface area contributed by atoms with Gasteiger partial charge in [0.15, 0.2) is 12.1 Å². The molecule has 0 aliphatic carbocycles. The molecule has 2 amide bonds. The molecule has 262 valence electrons. The van der Waals surface area contributed by atoms with Crippen molar-refractivity contribution in [2.45, 2.75) is 82.3 Å². The number of amides is 2. The van der Waals surface area contributed by atoms with Gasteiger partial charge in [0.2, 0.25) is 11.8 Å². The monoisotopic (exact) mass is 672 g/mol.